The molecule has 6 heteroatoms. The zero-order valence-corrected chi connectivity index (χ0v) is 14.9. The van der Waals surface area contributed by atoms with Crippen molar-refractivity contribution in [3.05, 3.63) is 0 Å². The molecule has 1 unspecified atom stereocenters. The summed E-state index contributed by atoms with van der Waals surface area (Å²) in [6, 6.07) is -0.600. The maximum atomic E-state index is 11.9. The van der Waals surface area contributed by atoms with E-state index >= 15 is 0 Å². The monoisotopic (exact) mass is 340 g/mol. The first kappa shape index (κ1) is 20.5. The molecule has 3 amide bonds. The minimum absolute atomic E-state index is 0.184. The molecule has 0 aromatic heterocycles. The third-order valence-electron chi connectivity index (χ3n) is 4.54. The molecule has 0 bridgehead atoms. The maximum Gasteiger partial charge on any atom is 0.324 e. The number of nitrogens with one attached hydrogen (secondary N) is 1. The molecule has 0 spiro atoms. The van der Waals surface area contributed by atoms with Gasteiger partial charge in [-0.2, -0.15) is 0 Å². The summed E-state index contributed by atoms with van der Waals surface area (Å²) in [5.74, 6) is -0.947. The van der Waals surface area contributed by atoms with Gasteiger partial charge in [0.25, 0.3) is 5.91 Å². The molecule has 1 rings (SSSR count). The number of unbranched alkanes of at least 4 members (excludes halogenated alkanes) is 8. The molecule has 0 aromatic carbocycles. The first-order chi connectivity index (χ1) is 11.6. The van der Waals surface area contributed by atoms with Crippen LogP contribution >= 0.6 is 0 Å². The maximum absolute atomic E-state index is 11.9. The average molecular weight is 340 g/mol. The number of hydrogen-bond acceptors (Lipinski definition) is 3. The summed E-state index contributed by atoms with van der Waals surface area (Å²) in [5, 5.41) is 11.0. The van der Waals surface area contributed by atoms with Gasteiger partial charge in [-0.15, -0.1) is 0 Å². The Morgan fingerprint density at radius 2 is 1.62 bits per heavy atom. The minimum Gasteiger partial charge on any atom is -0.481 e. The number of urea groups is 1. The van der Waals surface area contributed by atoms with Crippen molar-refractivity contribution in [3.8, 4) is 0 Å². The number of aliphatic carboxylic acids is 1. The van der Waals surface area contributed by atoms with Crippen LogP contribution in [0.4, 0.5) is 4.79 Å². The van der Waals surface area contributed by atoms with Crippen LogP contribution < -0.4 is 5.32 Å². The van der Waals surface area contributed by atoms with Gasteiger partial charge >= 0.3 is 12.0 Å². The van der Waals surface area contributed by atoms with Crippen molar-refractivity contribution in [3.63, 3.8) is 0 Å². The molecule has 0 aromatic rings. The lowest BCUT2D eigenvalue weighted by Gasteiger charge is -2.21. The van der Waals surface area contributed by atoms with E-state index in [9.17, 15) is 14.4 Å². The highest BCUT2D eigenvalue weighted by molar-refractivity contribution is 6.04. The quantitative estimate of drug-likeness (QED) is 0.373. The molecule has 0 aliphatic carbocycles. The van der Waals surface area contributed by atoms with E-state index in [-0.39, 0.29) is 24.4 Å². The van der Waals surface area contributed by atoms with Crippen molar-refractivity contribution in [2.45, 2.75) is 90.0 Å². The van der Waals surface area contributed by atoms with Gasteiger partial charge in [-0.3, -0.25) is 14.9 Å². The molecule has 0 saturated carbocycles. The summed E-state index contributed by atoms with van der Waals surface area (Å²) in [6.45, 7) is 2.83. The standard InChI is InChI=1S/C18H32N2O4/c1-2-3-4-5-8-11-14-20-15(17(23)19-18(20)24)12-9-6-7-10-13-16(21)22/h15H,2-14H2,1H3,(H,21,22)(H,19,23,24). The highest BCUT2D eigenvalue weighted by atomic mass is 16.4. The molecule has 2 N–H and O–H groups in total. The molecule has 0 radical (unpaired) electrons. The lowest BCUT2D eigenvalue weighted by molar-refractivity contribution is -0.137. The number of carboxylic acids is 1. The summed E-state index contributed by atoms with van der Waals surface area (Å²) < 4.78 is 0. The summed E-state index contributed by atoms with van der Waals surface area (Å²) in [4.78, 5) is 36.0. The molecule has 1 aliphatic rings. The summed E-state index contributed by atoms with van der Waals surface area (Å²) >= 11 is 0. The highest BCUT2D eigenvalue weighted by Crippen LogP contribution is 2.18. The fourth-order valence-electron chi connectivity index (χ4n) is 3.12. The molecule has 24 heavy (non-hydrogen) atoms. The van der Waals surface area contributed by atoms with Crippen molar-refractivity contribution in [2.24, 2.45) is 0 Å². The largest absolute Gasteiger partial charge is 0.481 e. The highest BCUT2D eigenvalue weighted by Gasteiger charge is 2.36. The second-order valence-corrected chi connectivity index (χ2v) is 6.62. The van der Waals surface area contributed by atoms with E-state index in [2.05, 4.69) is 12.2 Å². The van der Waals surface area contributed by atoms with Crippen molar-refractivity contribution in [1.82, 2.24) is 10.2 Å². The van der Waals surface area contributed by atoms with Gasteiger partial charge < -0.3 is 10.0 Å². The Morgan fingerprint density at radius 3 is 2.33 bits per heavy atom. The van der Waals surface area contributed by atoms with Crippen LogP contribution in [0.2, 0.25) is 0 Å². The van der Waals surface area contributed by atoms with Crippen molar-refractivity contribution in [1.29, 1.82) is 0 Å². The molecule has 1 fully saturated rings. The molecule has 1 atom stereocenters. The van der Waals surface area contributed by atoms with Gasteiger partial charge in [0.15, 0.2) is 0 Å². The summed E-state index contributed by atoms with van der Waals surface area (Å²) in [5.41, 5.74) is 0. The molecule has 1 aliphatic heterocycles. The van der Waals surface area contributed by atoms with Gasteiger partial charge in [0.1, 0.15) is 6.04 Å². The zero-order chi connectivity index (χ0) is 17.8. The van der Waals surface area contributed by atoms with E-state index in [1.165, 1.54) is 25.7 Å². The third kappa shape index (κ3) is 7.79. The number of hydrogen-bond donors (Lipinski definition) is 2. The Morgan fingerprint density at radius 1 is 1.00 bits per heavy atom. The van der Waals surface area contributed by atoms with Gasteiger partial charge in [0.2, 0.25) is 0 Å². The summed E-state index contributed by atoms with van der Waals surface area (Å²) in [6.07, 6.45) is 11.1. The lowest BCUT2D eigenvalue weighted by Crippen LogP contribution is -2.35. The zero-order valence-electron chi connectivity index (χ0n) is 14.9. The van der Waals surface area contributed by atoms with Crippen LogP contribution in [0.25, 0.3) is 0 Å². The molecular weight excluding hydrogens is 308 g/mol. The second-order valence-electron chi connectivity index (χ2n) is 6.62. The molecule has 1 saturated heterocycles. The predicted octanol–water partition coefficient (Wildman–Crippen LogP) is 3.69. The van der Waals surface area contributed by atoms with E-state index in [0.29, 0.717) is 19.4 Å². The Bertz CT molecular complexity index is 412. The number of nitrogens with zero attached hydrogens (tertiary/aromatic N) is 1. The van der Waals surface area contributed by atoms with Crippen LogP contribution in [0, 0.1) is 0 Å². The Hall–Kier alpha value is -1.59. The van der Waals surface area contributed by atoms with Crippen LogP contribution in [-0.2, 0) is 9.59 Å². The van der Waals surface area contributed by atoms with Crippen molar-refractivity contribution < 1.29 is 19.5 Å². The van der Waals surface area contributed by atoms with Crippen molar-refractivity contribution in [2.75, 3.05) is 6.54 Å². The van der Waals surface area contributed by atoms with Gasteiger partial charge in [0.05, 0.1) is 0 Å². The number of carbonyl (C=O) groups is 3. The first-order valence-electron chi connectivity index (χ1n) is 9.39. The van der Waals surface area contributed by atoms with Gasteiger partial charge in [-0.1, -0.05) is 58.3 Å². The minimum atomic E-state index is -0.763. The molecular formula is C18H32N2O4. The third-order valence-corrected chi connectivity index (χ3v) is 4.54. The SMILES string of the molecule is CCCCCCCCN1C(=O)NC(=O)C1CCCCCCC(=O)O. The Kier molecular flexibility index (Phi) is 10.1. The number of carboxylic acid groups (broad SMARTS) is 1. The molecule has 138 valence electrons. The fraction of sp³-hybridized carbons (Fsp3) is 0.833. The van der Waals surface area contributed by atoms with Crippen LogP contribution in [0.1, 0.15) is 84.0 Å². The predicted molar refractivity (Wildman–Crippen MR) is 92.7 cm³/mol. The Balaban J connectivity index is 2.23. The molecule has 6 nitrogen and oxygen atoms in total. The van der Waals surface area contributed by atoms with Crippen LogP contribution in [0.3, 0.4) is 0 Å². The van der Waals surface area contributed by atoms with Crippen molar-refractivity contribution >= 4 is 17.9 Å². The normalized spacial score (nSPS) is 17.4. The van der Waals surface area contributed by atoms with Gasteiger partial charge in [-0.05, 0) is 19.3 Å². The summed E-state index contributed by atoms with van der Waals surface area (Å²) in [7, 11) is 0. The topological polar surface area (TPSA) is 86.7 Å². The molecule has 1 heterocycles. The number of carbonyl (C=O) groups excluding carboxylic acids is 2. The lowest BCUT2D eigenvalue weighted by atomic mass is 10.0. The second kappa shape index (κ2) is 11.9. The van der Waals surface area contributed by atoms with Crippen LogP contribution in [-0.4, -0.2) is 40.5 Å². The van der Waals surface area contributed by atoms with Crippen LogP contribution in [0.5, 0.6) is 0 Å². The average Bonchev–Trinajstić information content (AvgIpc) is 2.80. The van der Waals surface area contributed by atoms with E-state index in [4.69, 9.17) is 5.11 Å². The number of amides is 3. The van der Waals surface area contributed by atoms with E-state index < -0.39 is 5.97 Å². The fourth-order valence-corrected chi connectivity index (χ4v) is 3.12. The van der Waals surface area contributed by atoms with E-state index in [1.54, 1.807) is 4.90 Å². The Labute approximate surface area is 145 Å². The smallest absolute Gasteiger partial charge is 0.324 e. The van der Waals surface area contributed by atoms with E-state index in [1.807, 2.05) is 0 Å². The van der Waals surface area contributed by atoms with E-state index in [0.717, 1.165) is 32.1 Å². The first-order valence-corrected chi connectivity index (χ1v) is 9.39. The van der Waals surface area contributed by atoms with Crippen LogP contribution in [0.15, 0.2) is 0 Å². The van der Waals surface area contributed by atoms with Gasteiger partial charge in [0, 0.05) is 13.0 Å². The number of imide groups is 1. The van der Waals surface area contributed by atoms with Gasteiger partial charge in [-0.25, -0.2) is 4.79 Å². The number of rotatable bonds is 14.